The van der Waals surface area contributed by atoms with E-state index in [-0.39, 0.29) is 10.6 Å². The topological polar surface area (TPSA) is 46.2 Å². The Labute approximate surface area is 141 Å². The van der Waals surface area contributed by atoms with Gasteiger partial charge in [0.15, 0.2) is 0 Å². The molecule has 0 aliphatic rings. The first kappa shape index (κ1) is 17.9. The third-order valence-corrected chi connectivity index (χ3v) is 5.38. The molecule has 2 aromatic rings. The van der Waals surface area contributed by atoms with Crippen molar-refractivity contribution in [3.05, 3.63) is 69.5 Å². The highest BCUT2D eigenvalue weighted by Crippen LogP contribution is 2.23. The van der Waals surface area contributed by atoms with Gasteiger partial charge in [0.25, 0.3) is 0 Å². The molecule has 124 valence electrons. The summed E-state index contributed by atoms with van der Waals surface area (Å²) >= 11 is 5.90. The Morgan fingerprint density at radius 2 is 1.91 bits per heavy atom. The highest BCUT2D eigenvalue weighted by Gasteiger charge is 2.21. The van der Waals surface area contributed by atoms with Crippen molar-refractivity contribution in [3.63, 3.8) is 0 Å². The molecule has 0 bridgehead atoms. The minimum absolute atomic E-state index is 0.0190. The summed E-state index contributed by atoms with van der Waals surface area (Å²) in [6.07, 6.45) is 0. The van der Waals surface area contributed by atoms with Gasteiger partial charge in [-0.05, 0) is 44.0 Å². The molecule has 3 nitrogen and oxygen atoms in total. The second-order valence-electron chi connectivity index (χ2n) is 5.66. The fourth-order valence-corrected chi connectivity index (χ4v) is 4.28. The van der Waals surface area contributed by atoms with E-state index in [1.165, 1.54) is 18.2 Å². The van der Waals surface area contributed by atoms with Crippen molar-refractivity contribution in [3.8, 4) is 0 Å². The molecule has 1 atom stereocenters. The SMILES string of the molecule is Cc1ccc([C@@H](C)NS(=O)(=O)Cc2c(F)cccc2Cl)c(C)c1. The largest absolute Gasteiger partial charge is 0.216 e. The van der Waals surface area contributed by atoms with E-state index in [0.29, 0.717) is 0 Å². The molecule has 0 aromatic heterocycles. The molecule has 0 saturated heterocycles. The second-order valence-corrected chi connectivity index (χ2v) is 7.82. The molecule has 0 heterocycles. The summed E-state index contributed by atoms with van der Waals surface area (Å²) < 4.78 is 41.0. The summed E-state index contributed by atoms with van der Waals surface area (Å²) in [5, 5.41) is 0.106. The van der Waals surface area contributed by atoms with E-state index in [4.69, 9.17) is 11.6 Å². The molecule has 23 heavy (non-hydrogen) atoms. The Bertz CT molecular complexity index is 801. The molecular weight excluding hydrogens is 337 g/mol. The fraction of sp³-hybridized carbons (Fsp3) is 0.294. The predicted molar refractivity (Wildman–Crippen MR) is 91.5 cm³/mol. The minimum Gasteiger partial charge on any atom is -0.212 e. The highest BCUT2D eigenvalue weighted by molar-refractivity contribution is 7.88. The van der Waals surface area contributed by atoms with Crippen LogP contribution < -0.4 is 4.72 Å². The number of hydrogen-bond acceptors (Lipinski definition) is 2. The van der Waals surface area contributed by atoms with Crippen LogP contribution in [0.4, 0.5) is 4.39 Å². The van der Waals surface area contributed by atoms with Gasteiger partial charge in [0, 0.05) is 16.6 Å². The number of hydrogen-bond donors (Lipinski definition) is 1. The highest BCUT2D eigenvalue weighted by atomic mass is 35.5. The van der Waals surface area contributed by atoms with Crippen LogP contribution in [-0.2, 0) is 15.8 Å². The molecule has 0 saturated carbocycles. The van der Waals surface area contributed by atoms with Gasteiger partial charge in [-0.3, -0.25) is 0 Å². The number of sulfonamides is 1. The van der Waals surface area contributed by atoms with Gasteiger partial charge in [0.2, 0.25) is 10.0 Å². The number of nitrogens with one attached hydrogen (secondary N) is 1. The molecule has 0 aliphatic carbocycles. The van der Waals surface area contributed by atoms with Crippen molar-refractivity contribution in [2.45, 2.75) is 32.6 Å². The first-order valence-electron chi connectivity index (χ1n) is 7.19. The number of aryl methyl sites for hydroxylation is 2. The zero-order valence-electron chi connectivity index (χ0n) is 13.2. The molecule has 6 heteroatoms. The normalized spacial score (nSPS) is 13.1. The first-order chi connectivity index (χ1) is 10.7. The minimum atomic E-state index is -3.73. The van der Waals surface area contributed by atoms with Gasteiger partial charge in [-0.2, -0.15) is 0 Å². The predicted octanol–water partition coefficient (Wildman–Crippen LogP) is 4.28. The van der Waals surface area contributed by atoms with Gasteiger partial charge in [-0.1, -0.05) is 41.4 Å². The van der Waals surface area contributed by atoms with Crippen molar-refractivity contribution >= 4 is 21.6 Å². The fourth-order valence-electron chi connectivity index (χ4n) is 2.55. The van der Waals surface area contributed by atoms with Gasteiger partial charge in [-0.15, -0.1) is 0 Å². The van der Waals surface area contributed by atoms with E-state index in [1.807, 2.05) is 32.0 Å². The van der Waals surface area contributed by atoms with E-state index in [9.17, 15) is 12.8 Å². The van der Waals surface area contributed by atoms with E-state index in [1.54, 1.807) is 6.92 Å². The Hall–Kier alpha value is -1.43. The van der Waals surface area contributed by atoms with Gasteiger partial charge >= 0.3 is 0 Å². The van der Waals surface area contributed by atoms with Gasteiger partial charge < -0.3 is 0 Å². The Morgan fingerprint density at radius 1 is 1.22 bits per heavy atom. The summed E-state index contributed by atoms with van der Waals surface area (Å²) in [5.41, 5.74) is 2.98. The van der Waals surface area contributed by atoms with Crippen LogP contribution >= 0.6 is 11.6 Å². The van der Waals surface area contributed by atoms with E-state index >= 15 is 0 Å². The Morgan fingerprint density at radius 3 is 2.52 bits per heavy atom. The standard InChI is InChI=1S/C17H19ClFNO2S/c1-11-7-8-14(12(2)9-11)13(3)20-23(21,22)10-15-16(18)5-4-6-17(15)19/h4-9,13,20H,10H2,1-3H3/t13-/m1/s1. The molecular formula is C17H19ClFNO2S. The average Bonchev–Trinajstić information content (AvgIpc) is 2.42. The third-order valence-electron chi connectivity index (χ3n) is 3.64. The maximum Gasteiger partial charge on any atom is 0.216 e. The van der Waals surface area contributed by atoms with Crippen LogP contribution in [0.1, 0.15) is 35.2 Å². The Kier molecular flexibility index (Phi) is 5.45. The van der Waals surface area contributed by atoms with Crippen molar-refractivity contribution < 1.29 is 12.8 Å². The third kappa shape index (κ3) is 4.53. The van der Waals surface area contributed by atoms with Crippen molar-refractivity contribution in [2.24, 2.45) is 0 Å². The summed E-state index contributed by atoms with van der Waals surface area (Å²) in [6.45, 7) is 5.67. The summed E-state index contributed by atoms with van der Waals surface area (Å²) in [4.78, 5) is 0. The summed E-state index contributed by atoms with van der Waals surface area (Å²) in [6, 6.07) is 9.53. The van der Waals surface area contributed by atoms with Crippen LogP contribution in [0.5, 0.6) is 0 Å². The molecule has 0 fully saturated rings. The monoisotopic (exact) mass is 355 g/mol. The lowest BCUT2D eigenvalue weighted by Gasteiger charge is -2.17. The van der Waals surface area contributed by atoms with Crippen LogP contribution in [0, 0.1) is 19.7 Å². The molecule has 0 radical (unpaired) electrons. The van der Waals surface area contributed by atoms with Crippen LogP contribution in [0.25, 0.3) is 0 Å². The van der Waals surface area contributed by atoms with Crippen molar-refractivity contribution in [1.29, 1.82) is 0 Å². The molecule has 2 rings (SSSR count). The first-order valence-corrected chi connectivity index (χ1v) is 9.22. The molecule has 0 amide bonds. The molecule has 1 N–H and O–H groups in total. The van der Waals surface area contributed by atoms with Crippen LogP contribution in [0.15, 0.2) is 36.4 Å². The quantitative estimate of drug-likeness (QED) is 0.870. The van der Waals surface area contributed by atoms with E-state index < -0.39 is 27.6 Å². The lowest BCUT2D eigenvalue weighted by molar-refractivity contribution is 0.561. The summed E-state index contributed by atoms with van der Waals surface area (Å²) in [5.74, 6) is -1.12. The van der Waals surface area contributed by atoms with Crippen molar-refractivity contribution in [1.82, 2.24) is 4.72 Å². The van der Waals surface area contributed by atoms with Gasteiger partial charge in [0.1, 0.15) is 5.82 Å². The lowest BCUT2D eigenvalue weighted by Crippen LogP contribution is -2.29. The molecule has 2 aromatic carbocycles. The maximum absolute atomic E-state index is 13.8. The smallest absolute Gasteiger partial charge is 0.212 e. The zero-order valence-corrected chi connectivity index (χ0v) is 14.8. The van der Waals surface area contributed by atoms with Gasteiger partial charge in [0.05, 0.1) is 5.75 Å². The maximum atomic E-state index is 13.8. The van der Waals surface area contributed by atoms with Crippen LogP contribution in [0.3, 0.4) is 0 Å². The van der Waals surface area contributed by atoms with E-state index in [0.717, 1.165) is 16.7 Å². The number of halogens is 2. The summed E-state index contributed by atoms with van der Waals surface area (Å²) in [7, 11) is -3.73. The Balaban J connectivity index is 2.21. The van der Waals surface area contributed by atoms with Crippen molar-refractivity contribution in [2.75, 3.05) is 0 Å². The van der Waals surface area contributed by atoms with Crippen LogP contribution in [-0.4, -0.2) is 8.42 Å². The molecule has 0 spiro atoms. The lowest BCUT2D eigenvalue weighted by atomic mass is 10.0. The zero-order chi connectivity index (χ0) is 17.2. The second kappa shape index (κ2) is 6.99. The molecule has 0 aliphatic heterocycles. The van der Waals surface area contributed by atoms with Gasteiger partial charge in [-0.25, -0.2) is 17.5 Å². The van der Waals surface area contributed by atoms with Crippen LogP contribution in [0.2, 0.25) is 5.02 Å². The number of benzene rings is 2. The molecule has 0 unspecified atom stereocenters. The number of rotatable bonds is 5. The average molecular weight is 356 g/mol. The van der Waals surface area contributed by atoms with E-state index in [2.05, 4.69) is 4.72 Å².